The van der Waals surface area contributed by atoms with Crippen LogP contribution in [0.15, 0.2) is 23.8 Å². The van der Waals surface area contributed by atoms with Crippen molar-refractivity contribution < 1.29 is 9.22 Å². The van der Waals surface area contributed by atoms with Crippen molar-refractivity contribution in [3.8, 4) is 0 Å². The van der Waals surface area contributed by atoms with Crippen LogP contribution in [0.2, 0.25) is 0 Å². The van der Waals surface area contributed by atoms with Gasteiger partial charge in [-0.1, -0.05) is 13.0 Å². The van der Waals surface area contributed by atoms with Crippen LogP contribution in [0.4, 0.5) is 0 Å². The molecule has 1 aliphatic carbocycles. The van der Waals surface area contributed by atoms with Crippen molar-refractivity contribution in [3.05, 3.63) is 23.8 Å². The number of ketones is 2. The molecule has 0 unspecified atom stereocenters. The Bertz CT molecular complexity index is 257. The second-order valence-electron chi connectivity index (χ2n) is 2.34. The Morgan fingerprint density at radius 3 is 2.73 bits per heavy atom. The van der Waals surface area contributed by atoms with Crippen LogP contribution in [0.25, 0.3) is 0 Å². The van der Waals surface area contributed by atoms with Gasteiger partial charge in [0.15, 0.2) is 0 Å². The lowest BCUT2D eigenvalue weighted by Crippen LogP contribution is -2.13. The third-order valence-corrected chi connectivity index (χ3v) is 1.64. The summed E-state index contributed by atoms with van der Waals surface area (Å²) in [5.41, 5.74) is 1.13. The first-order valence-electron chi connectivity index (χ1n) is 3.62. The van der Waals surface area contributed by atoms with E-state index in [9.17, 15) is 4.79 Å². The molecule has 0 bridgehead atoms. The van der Waals surface area contributed by atoms with Gasteiger partial charge in [0.25, 0.3) is 12.9 Å². The topological polar surface area (TPSA) is 28.4 Å². The first-order chi connectivity index (χ1) is 5.27. The highest BCUT2D eigenvalue weighted by molar-refractivity contribution is 6.46. The number of allylic oxidation sites excluding steroid dienone is 4. The van der Waals surface area contributed by atoms with Crippen molar-refractivity contribution in [2.45, 2.75) is 13.3 Å². The third-order valence-electron chi connectivity index (χ3n) is 1.64. The lowest BCUT2D eigenvalue weighted by Gasteiger charge is -1.97. The summed E-state index contributed by atoms with van der Waals surface area (Å²) in [6.07, 6.45) is 6.07. The van der Waals surface area contributed by atoms with Crippen LogP contribution in [0.3, 0.4) is 0 Å². The zero-order valence-corrected chi connectivity index (χ0v) is 6.76. The van der Waals surface area contributed by atoms with E-state index in [1.54, 1.807) is 6.08 Å². The molecule has 0 N–H and O–H groups in total. The normalized spacial score (nSPS) is 20.7. The van der Waals surface area contributed by atoms with E-state index in [0.717, 1.165) is 12.0 Å². The maximum Gasteiger partial charge on any atom is 0.390 e. The van der Waals surface area contributed by atoms with Gasteiger partial charge in [-0.3, -0.25) is 9.22 Å². The molecule has 0 fully saturated rings. The van der Waals surface area contributed by atoms with Gasteiger partial charge in [0, 0.05) is 6.08 Å². The number of hydrogen-bond donors (Lipinski definition) is 0. The van der Waals surface area contributed by atoms with Gasteiger partial charge in [0.2, 0.25) is 0 Å². The van der Waals surface area contributed by atoms with E-state index in [2.05, 4.69) is 0 Å². The van der Waals surface area contributed by atoms with E-state index < -0.39 is 0 Å². The summed E-state index contributed by atoms with van der Waals surface area (Å²) in [4.78, 5) is 11.0. The molecule has 1 aliphatic rings. The Kier molecular flexibility index (Phi) is 2.36. The Morgan fingerprint density at radius 1 is 1.45 bits per heavy atom. The molecule has 0 aromatic heterocycles. The molecule has 0 aliphatic heterocycles. The second-order valence-corrected chi connectivity index (χ2v) is 2.34. The van der Waals surface area contributed by atoms with Crippen LogP contribution in [0, 0.1) is 0 Å². The van der Waals surface area contributed by atoms with Crippen molar-refractivity contribution >= 4 is 11.6 Å². The van der Waals surface area contributed by atoms with Gasteiger partial charge in [0.1, 0.15) is 0 Å². The molecule has 0 amide bonds. The molecule has 11 heavy (non-hydrogen) atoms. The zero-order chi connectivity index (χ0) is 8.27. The molecule has 0 spiro atoms. The summed E-state index contributed by atoms with van der Waals surface area (Å²) >= 11 is 0. The van der Waals surface area contributed by atoms with Crippen LogP contribution < -0.4 is 0 Å². The highest BCUT2D eigenvalue weighted by Crippen LogP contribution is 2.07. The lowest BCUT2D eigenvalue weighted by atomic mass is 10.0. The Morgan fingerprint density at radius 2 is 2.18 bits per heavy atom. The van der Waals surface area contributed by atoms with E-state index in [1.165, 1.54) is 13.2 Å². The first kappa shape index (κ1) is 7.92. The zero-order valence-electron chi connectivity index (χ0n) is 6.76. The summed E-state index contributed by atoms with van der Waals surface area (Å²) in [5, 5.41) is 0. The molecule has 0 aromatic rings. The average Bonchev–Trinajstić information content (AvgIpc) is 2.05. The fourth-order valence-electron chi connectivity index (χ4n) is 0.932. The van der Waals surface area contributed by atoms with Crippen LogP contribution in [-0.4, -0.2) is 18.7 Å². The van der Waals surface area contributed by atoms with Gasteiger partial charge in [0.05, 0.1) is 0 Å². The molecule has 58 valence electrons. The van der Waals surface area contributed by atoms with Crippen molar-refractivity contribution in [1.82, 2.24) is 0 Å². The molecule has 2 nitrogen and oxygen atoms in total. The minimum Gasteiger partial charge on any atom is -0.279 e. The number of hydrogen-bond acceptors (Lipinski definition) is 1. The molecule has 0 saturated carbocycles. The SMILES string of the molecule is CCC1=CC(=[O+]C)C(=O)C=C1. The van der Waals surface area contributed by atoms with E-state index in [0.29, 0.717) is 5.78 Å². The largest absolute Gasteiger partial charge is 0.390 e. The quantitative estimate of drug-likeness (QED) is 0.314. The monoisotopic (exact) mass is 151 g/mol. The van der Waals surface area contributed by atoms with E-state index in [1.807, 2.05) is 13.0 Å². The highest BCUT2D eigenvalue weighted by Gasteiger charge is 2.19. The standard InChI is InChI=1S/C9H11O2/c1-3-7-4-5-8(10)9(6-7)11-2/h4-6H,3H2,1-2H3/q+1. The van der Waals surface area contributed by atoms with E-state index in [-0.39, 0.29) is 5.78 Å². The maximum atomic E-state index is 11.0. The molecule has 0 saturated heterocycles. The minimum atomic E-state index is -0.0512. The third kappa shape index (κ3) is 1.64. The van der Waals surface area contributed by atoms with Crippen LogP contribution in [0.5, 0.6) is 0 Å². The number of carbonyl (C=O) groups is 1. The predicted octanol–water partition coefficient (Wildman–Crippen LogP) is 1.20. The Balaban J connectivity index is 2.93. The second kappa shape index (κ2) is 3.28. The van der Waals surface area contributed by atoms with Crippen molar-refractivity contribution in [2.24, 2.45) is 0 Å². The summed E-state index contributed by atoms with van der Waals surface area (Å²) in [6.45, 7) is 2.04. The van der Waals surface area contributed by atoms with Crippen LogP contribution >= 0.6 is 0 Å². The van der Waals surface area contributed by atoms with E-state index in [4.69, 9.17) is 4.42 Å². The van der Waals surface area contributed by atoms with Crippen LogP contribution in [0.1, 0.15) is 13.3 Å². The van der Waals surface area contributed by atoms with E-state index >= 15 is 0 Å². The maximum absolute atomic E-state index is 11.0. The van der Waals surface area contributed by atoms with Crippen molar-refractivity contribution in [2.75, 3.05) is 7.11 Å². The van der Waals surface area contributed by atoms with Crippen LogP contribution in [-0.2, 0) is 9.22 Å². The minimum absolute atomic E-state index is 0.0512. The van der Waals surface area contributed by atoms with Gasteiger partial charge < -0.3 is 0 Å². The molecular weight excluding hydrogens is 140 g/mol. The van der Waals surface area contributed by atoms with Gasteiger partial charge in [-0.15, -0.1) is 0 Å². The molecular formula is C9H11O2+. The molecule has 1 rings (SSSR count). The predicted molar refractivity (Wildman–Crippen MR) is 43.5 cm³/mol. The molecule has 0 radical (unpaired) electrons. The summed E-state index contributed by atoms with van der Waals surface area (Å²) in [5.74, 6) is 0.383. The number of rotatable bonds is 1. The Hall–Kier alpha value is -1.18. The van der Waals surface area contributed by atoms with Gasteiger partial charge in [-0.05, 0) is 18.1 Å². The lowest BCUT2D eigenvalue weighted by molar-refractivity contribution is -0.417. The fourth-order valence-corrected chi connectivity index (χ4v) is 0.932. The summed E-state index contributed by atoms with van der Waals surface area (Å²) in [7, 11) is 1.51. The van der Waals surface area contributed by atoms with Gasteiger partial charge in [-0.2, -0.15) is 0 Å². The van der Waals surface area contributed by atoms with Crippen molar-refractivity contribution in [1.29, 1.82) is 0 Å². The number of carbonyl (C=O) groups excluding carboxylic acids is 2. The molecule has 0 heterocycles. The highest BCUT2D eigenvalue weighted by atomic mass is 16.4. The Labute approximate surface area is 65.9 Å². The summed E-state index contributed by atoms with van der Waals surface area (Å²) in [6, 6.07) is 0. The molecule has 2 heteroatoms. The average molecular weight is 151 g/mol. The van der Waals surface area contributed by atoms with Gasteiger partial charge >= 0.3 is 5.78 Å². The molecule has 0 aromatic carbocycles. The van der Waals surface area contributed by atoms with Crippen molar-refractivity contribution in [3.63, 3.8) is 0 Å². The first-order valence-corrected chi connectivity index (χ1v) is 3.62. The smallest absolute Gasteiger partial charge is 0.279 e. The summed E-state index contributed by atoms with van der Waals surface area (Å²) < 4.78 is 4.87. The molecule has 0 atom stereocenters. The van der Waals surface area contributed by atoms with Gasteiger partial charge in [-0.25, -0.2) is 0 Å². The fraction of sp³-hybridized carbons (Fsp3) is 0.333.